The van der Waals surface area contributed by atoms with Gasteiger partial charge in [-0.25, -0.2) is 0 Å². The molecule has 2 N–H and O–H groups in total. The number of alkyl halides is 3. The molecule has 0 saturated heterocycles. The zero-order valence-corrected chi connectivity index (χ0v) is 8.92. The molecule has 0 aliphatic carbocycles. The molecule has 0 spiro atoms. The molecule has 0 aliphatic heterocycles. The normalized spacial score (nSPS) is 13.6. The molecule has 0 aliphatic rings. The fourth-order valence-electron chi connectivity index (χ4n) is 1.43. The second kappa shape index (κ2) is 5.21. The Hall–Kier alpha value is -1.23. The predicted octanol–water partition coefficient (Wildman–Crippen LogP) is 3.04. The number of halogens is 3. The zero-order valence-electron chi connectivity index (χ0n) is 8.92. The predicted molar refractivity (Wildman–Crippen MR) is 55.2 cm³/mol. The molecular weight excluding hydrogens is 219 g/mol. The number of nitrogens with two attached hydrogens (primary N) is 1. The van der Waals surface area contributed by atoms with Crippen LogP contribution in [-0.2, 0) is 0 Å². The zero-order chi connectivity index (χ0) is 12.2. The summed E-state index contributed by atoms with van der Waals surface area (Å²) in [6.45, 7) is 2.17. The van der Waals surface area contributed by atoms with Crippen LogP contribution < -0.4 is 10.5 Å². The molecule has 0 heterocycles. The highest BCUT2D eigenvalue weighted by molar-refractivity contribution is 5.35. The monoisotopic (exact) mass is 233 g/mol. The van der Waals surface area contributed by atoms with E-state index in [0.29, 0.717) is 17.9 Å². The summed E-state index contributed by atoms with van der Waals surface area (Å²) in [5.74, 6) is 0.418. The molecule has 1 rings (SSSR count). The third-order valence-electron chi connectivity index (χ3n) is 2.07. The second-order valence-corrected chi connectivity index (χ2v) is 3.40. The number of para-hydroxylation sites is 1. The van der Waals surface area contributed by atoms with Gasteiger partial charge in [0.05, 0.1) is 13.0 Å². The second-order valence-electron chi connectivity index (χ2n) is 3.40. The summed E-state index contributed by atoms with van der Waals surface area (Å²) in [5, 5.41) is 0. The Bertz CT molecular complexity index is 338. The van der Waals surface area contributed by atoms with E-state index in [4.69, 9.17) is 10.5 Å². The molecule has 5 heteroatoms. The van der Waals surface area contributed by atoms with Gasteiger partial charge >= 0.3 is 6.18 Å². The largest absolute Gasteiger partial charge is 0.494 e. The first-order valence-electron chi connectivity index (χ1n) is 4.98. The van der Waals surface area contributed by atoms with Gasteiger partial charge in [0, 0.05) is 11.6 Å². The van der Waals surface area contributed by atoms with Crippen molar-refractivity contribution >= 4 is 0 Å². The quantitative estimate of drug-likeness (QED) is 0.867. The van der Waals surface area contributed by atoms with Gasteiger partial charge in [-0.1, -0.05) is 18.2 Å². The number of hydrogen-bond acceptors (Lipinski definition) is 2. The Kier molecular flexibility index (Phi) is 4.18. The van der Waals surface area contributed by atoms with Gasteiger partial charge in [-0.05, 0) is 13.0 Å². The van der Waals surface area contributed by atoms with Crippen LogP contribution >= 0.6 is 0 Å². The van der Waals surface area contributed by atoms with Gasteiger partial charge in [0.2, 0.25) is 0 Å². The summed E-state index contributed by atoms with van der Waals surface area (Å²) in [4.78, 5) is 0. The number of rotatable bonds is 4. The average Bonchev–Trinajstić information content (AvgIpc) is 2.16. The molecule has 1 aromatic carbocycles. The minimum absolute atomic E-state index is 0.390. The lowest BCUT2D eigenvalue weighted by Gasteiger charge is -2.17. The first-order valence-corrected chi connectivity index (χ1v) is 4.98. The first kappa shape index (κ1) is 12.8. The van der Waals surface area contributed by atoms with Crippen molar-refractivity contribution in [2.45, 2.75) is 25.6 Å². The van der Waals surface area contributed by atoms with Crippen molar-refractivity contribution in [2.24, 2.45) is 5.73 Å². The maximum atomic E-state index is 12.2. The van der Waals surface area contributed by atoms with Crippen LogP contribution in [0.25, 0.3) is 0 Å². The van der Waals surface area contributed by atoms with Crippen LogP contribution in [0.4, 0.5) is 13.2 Å². The SMILES string of the molecule is CCOc1ccccc1[C@@H](N)CC(F)(F)F. The average molecular weight is 233 g/mol. The van der Waals surface area contributed by atoms with Crippen LogP contribution in [-0.4, -0.2) is 12.8 Å². The van der Waals surface area contributed by atoms with E-state index >= 15 is 0 Å². The molecule has 0 saturated carbocycles. The maximum Gasteiger partial charge on any atom is 0.390 e. The van der Waals surface area contributed by atoms with Gasteiger partial charge in [0.1, 0.15) is 5.75 Å². The molecule has 16 heavy (non-hydrogen) atoms. The van der Waals surface area contributed by atoms with E-state index in [2.05, 4.69) is 0 Å². The molecule has 0 aromatic heterocycles. The molecule has 2 nitrogen and oxygen atoms in total. The minimum atomic E-state index is -4.27. The van der Waals surface area contributed by atoms with Crippen LogP contribution in [0.3, 0.4) is 0 Å². The maximum absolute atomic E-state index is 12.2. The number of ether oxygens (including phenoxy) is 1. The van der Waals surface area contributed by atoms with Crippen molar-refractivity contribution in [2.75, 3.05) is 6.61 Å². The van der Waals surface area contributed by atoms with E-state index in [1.54, 1.807) is 31.2 Å². The fourth-order valence-corrected chi connectivity index (χ4v) is 1.43. The lowest BCUT2D eigenvalue weighted by Crippen LogP contribution is -2.20. The summed E-state index contributed by atoms with van der Waals surface area (Å²) in [6, 6.07) is 5.45. The highest BCUT2D eigenvalue weighted by Gasteiger charge is 2.31. The van der Waals surface area contributed by atoms with Crippen LogP contribution in [0, 0.1) is 0 Å². The van der Waals surface area contributed by atoms with E-state index in [1.165, 1.54) is 0 Å². The Morgan fingerprint density at radius 1 is 1.31 bits per heavy atom. The Morgan fingerprint density at radius 3 is 2.50 bits per heavy atom. The van der Waals surface area contributed by atoms with Crippen molar-refractivity contribution in [1.82, 2.24) is 0 Å². The van der Waals surface area contributed by atoms with Gasteiger partial charge in [-0.3, -0.25) is 0 Å². The summed E-state index contributed by atoms with van der Waals surface area (Å²) >= 11 is 0. The third kappa shape index (κ3) is 3.73. The molecule has 0 amide bonds. The van der Waals surface area contributed by atoms with Crippen molar-refractivity contribution in [3.05, 3.63) is 29.8 Å². The summed E-state index contributed by atoms with van der Waals surface area (Å²) in [5.41, 5.74) is 5.90. The first-order chi connectivity index (χ1) is 7.44. The minimum Gasteiger partial charge on any atom is -0.494 e. The van der Waals surface area contributed by atoms with Crippen molar-refractivity contribution in [3.63, 3.8) is 0 Å². The fraction of sp³-hybridized carbons (Fsp3) is 0.455. The lowest BCUT2D eigenvalue weighted by molar-refractivity contribution is -0.138. The van der Waals surface area contributed by atoms with Gasteiger partial charge < -0.3 is 10.5 Å². The lowest BCUT2D eigenvalue weighted by atomic mass is 10.0. The topological polar surface area (TPSA) is 35.2 Å². The van der Waals surface area contributed by atoms with E-state index in [0.717, 1.165) is 0 Å². The molecule has 90 valence electrons. The standard InChI is InChI=1S/C11H14F3NO/c1-2-16-10-6-4-3-5-8(10)9(15)7-11(12,13)14/h3-6,9H,2,7,15H2,1H3/t9-/m0/s1. The van der Waals surface area contributed by atoms with Crippen molar-refractivity contribution in [1.29, 1.82) is 0 Å². The molecule has 0 unspecified atom stereocenters. The van der Waals surface area contributed by atoms with E-state index in [9.17, 15) is 13.2 Å². The van der Waals surface area contributed by atoms with E-state index < -0.39 is 18.6 Å². The summed E-state index contributed by atoms with van der Waals surface area (Å²) in [7, 11) is 0. The summed E-state index contributed by atoms with van der Waals surface area (Å²) < 4.78 is 41.8. The molecule has 0 bridgehead atoms. The Morgan fingerprint density at radius 2 is 1.94 bits per heavy atom. The third-order valence-corrected chi connectivity index (χ3v) is 2.07. The summed E-state index contributed by atoms with van der Waals surface area (Å²) in [6.07, 6.45) is -5.31. The van der Waals surface area contributed by atoms with Crippen molar-refractivity contribution < 1.29 is 17.9 Å². The van der Waals surface area contributed by atoms with Gasteiger partial charge in [-0.2, -0.15) is 13.2 Å². The number of hydrogen-bond donors (Lipinski definition) is 1. The van der Waals surface area contributed by atoms with E-state index in [-0.39, 0.29) is 0 Å². The van der Waals surface area contributed by atoms with Gasteiger partial charge in [-0.15, -0.1) is 0 Å². The van der Waals surface area contributed by atoms with E-state index in [1.807, 2.05) is 0 Å². The van der Waals surface area contributed by atoms with Crippen LogP contribution in [0.5, 0.6) is 5.75 Å². The highest BCUT2D eigenvalue weighted by atomic mass is 19.4. The van der Waals surface area contributed by atoms with Crippen LogP contribution in [0.1, 0.15) is 24.9 Å². The molecular formula is C11H14F3NO. The van der Waals surface area contributed by atoms with Crippen LogP contribution in [0.15, 0.2) is 24.3 Å². The molecule has 1 atom stereocenters. The molecule has 0 radical (unpaired) electrons. The Balaban J connectivity index is 2.85. The molecule has 0 fully saturated rings. The Labute approximate surface area is 92.2 Å². The van der Waals surface area contributed by atoms with Crippen molar-refractivity contribution in [3.8, 4) is 5.75 Å². The smallest absolute Gasteiger partial charge is 0.390 e. The van der Waals surface area contributed by atoms with Gasteiger partial charge in [0.25, 0.3) is 0 Å². The number of benzene rings is 1. The van der Waals surface area contributed by atoms with Crippen LogP contribution in [0.2, 0.25) is 0 Å². The highest BCUT2D eigenvalue weighted by Crippen LogP contribution is 2.32. The molecule has 1 aromatic rings. The van der Waals surface area contributed by atoms with Gasteiger partial charge in [0.15, 0.2) is 0 Å².